The Morgan fingerprint density at radius 1 is 1.29 bits per heavy atom. The third-order valence-electron chi connectivity index (χ3n) is 2.80. The fraction of sp³-hybridized carbons (Fsp3) is 0.0667. The molecule has 0 aliphatic rings. The zero-order valence-electron chi connectivity index (χ0n) is 12.1. The summed E-state index contributed by atoms with van der Waals surface area (Å²) in [5.74, 6) is -0.879. The van der Waals surface area contributed by atoms with Crippen LogP contribution in [0.2, 0.25) is 5.02 Å². The van der Waals surface area contributed by atoms with Gasteiger partial charge in [0, 0.05) is 11.1 Å². The molecule has 0 aliphatic heterocycles. The summed E-state index contributed by atoms with van der Waals surface area (Å²) >= 11 is 5.72. The van der Waals surface area contributed by atoms with E-state index in [-0.39, 0.29) is 12.2 Å². The number of halogens is 1. The normalized spacial score (nSPS) is 10.5. The second-order valence-corrected chi connectivity index (χ2v) is 4.92. The first-order chi connectivity index (χ1) is 11.5. The monoisotopic (exact) mass is 348 g/mol. The van der Waals surface area contributed by atoms with Crippen LogP contribution in [0, 0.1) is 10.1 Å². The molecule has 0 saturated carbocycles. The van der Waals surface area contributed by atoms with Crippen molar-refractivity contribution in [3.8, 4) is 11.5 Å². The first-order valence-corrected chi connectivity index (χ1v) is 7.00. The zero-order valence-corrected chi connectivity index (χ0v) is 12.9. The van der Waals surface area contributed by atoms with Gasteiger partial charge in [0.2, 0.25) is 0 Å². The van der Waals surface area contributed by atoms with Gasteiger partial charge in [-0.3, -0.25) is 14.9 Å². The number of hydrogen-bond acceptors (Lipinski definition) is 6. The van der Waals surface area contributed by atoms with Gasteiger partial charge in [-0.1, -0.05) is 23.7 Å². The minimum atomic E-state index is -0.780. The highest BCUT2D eigenvalue weighted by Crippen LogP contribution is 2.25. The molecule has 8 nitrogen and oxygen atoms in total. The summed E-state index contributed by atoms with van der Waals surface area (Å²) in [5.41, 5.74) is 1.59. The number of benzene rings is 2. The van der Waals surface area contributed by atoms with Crippen LogP contribution in [0.5, 0.6) is 11.5 Å². The average Bonchev–Trinajstić information content (AvgIpc) is 2.55. The standard InChI is InChI=1S/C15H12ClN3O5/c16-11-4-6-12(7-5-11)24-9-14(20)18-17-8-10-2-1-3-13(15(10)21)19(22)23/h1-8,21H,9H2,(H,18,20)/p-1/b17-8-. The number of nitro groups is 1. The van der Waals surface area contributed by atoms with Crippen molar-refractivity contribution in [2.24, 2.45) is 5.10 Å². The molecule has 1 amide bonds. The molecule has 0 heterocycles. The number of hydrazone groups is 1. The highest BCUT2D eigenvalue weighted by molar-refractivity contribution is 6.30. The Labute approximate surface area is 141 Å². The van der Waals surface area contributed by atoms with E-state index < -0.39 is 22.3 Å². The number of carbonyl (C=O) groups is 1. The zero-order chi connectivity index (χ0) is 17.5. The third kappa shape index (κ3) is 4.68. The van der Waals surface area contributed by atoms with Crippen LogP contribution >= 0.6 is 11.6 Å². The second-order valence-electron chi connectivity index (χ2n) is 4.49. The Morgan fingerprint density at radius 2 is 2.00 bits per heavy atom. The summed E-state index contributed by atoms with van der Waals surface area (Å²) < 4.78 is 5.20. The van der Waals surface area contributed by atoms with E-state index in [4.69, 9.17) is 16.3 Å². The van der Waals surface area contributed by atoms with E-state index in [1.165, 1.54) is 12.1 Å². The van der Waals surface area contributed by atoms with Crippen molar-refractivity contribution < 1.29 is 19.6 Å². The fourth-order valence-electron chi connectivity index (χ4n) is 1.67. The molecule has 0 bridgehead atoms. The van der Waals surface area contributed by atoms with Gasteiger partial charge in [0.1, 0.15) is 5.75 Å². The van der Waals surface area contributed by atoms with Gasteiger partial charge in [0.25, 0.3) is 11.6 Å². The summed E-state index contributed by atoms with van der Waals surface area (Å²) in [6, 6.07) is 10.2. The highest BCUT2D eigenvalue weighted by Gasteiger charge is 2.08. The summed E-state index contributed by atoms with van der Waals surface area (Å²) in [6.45, 7) is -0.294. The molecule has 0 aromatic heterocycles. The molecule has 0 fully saturated rings. The molecule has 124 valence electrons. The number of nitrogens with one attached hydrogen (secondary N) is 1. The fourth-order valence-corrected chi connectivity index (χ4v) is 1.80. The van der Waals surface area contributed by atoms with E-state index in [0.29, 0.717) is 10.8 Å². The summed E-state index contributed by atoms with van der Waals surface area (Å²) in [4.78, 5) is 21.5. The largest absolute Gasteiger partial charge is 0.867 e. The van der Waals surface area contributed by atoms with Crippen molar-refractivity contribution in [1.29, 1.82) is 0 Å². The number of para-hydroxylation sites is 1. The Hall–Kier alpha value is -3.13. The van der Waals surface area contributed by atoms with Crippen LogP contribution in [-0.2, 0) is 4.79 Å². The summed E-state index contributed by atoms with van der Waals surface area (Å²) in [6.07, 6.45) is 1.04. The summed E-state index contributed by atoms with van der Waals surface area (Å²) in [5, 5.41) is 26.5. The molecule has 24 heavy (non-hydrogen) atoms. The van der Waals surface area contributed by atoms with Crippen LogP contribution < -0.4 is 15.3 Å². The van der Waals surface area contributed by atoms with Crippen molar-refractivity contribution in [3.05, 3.63) is 63.2 Å². The smallest absolute Gasteiger partial charge is 0.277 e. The number of hydrogen-bond donors (Lipinski definition) is 1. The third-order valence-corrected chi connectivity index (χ3v) is 3.05. The minimum absolute atomic E-state index is 0.0110. The van der Waals surface area contributed by atoms with E-state index in [2.05, 4.69) is 10.5 Å². The molecule has 2 rings (SSSR count). The second kappa shape index (κ2) is 7.93. The lowest BCUT2D eigenvalue weighted by atomic mass is 10.2. The van der Waals surface area contributed by atoms with E-state index in [9.17, 15) is 20.0 Å². The van der Waals surface area contributed by atoms with Crippen molar-refractivity contribution >= 4 is 29.4 Å². The quantitative estimate of drug-likeness (QED) is 0.485. The number of amides is 1. The van der Waals surface area contributed by atoms with Crippen LogP contribution in [-0.4, -0.2) is 23.7 Å². The topological polar surface area (TPSA) is 117 Å². The van der Waals surface area contributed by atoms with Gasteiger partial charge in [0.15, 0.2) is 6.61 Å². The summed E-state index contributed by atoms with van der Waals surface area (Å²) in [7, 11) is 0. The Bertz CT molecular complexity index is 777. The number of nitrogens with zero attached hydrogens (tertiary/aromatic N) is 2. The maximum atomic E-state index is 11.7. The first-order valence-electron chi connectivity index (χ1n) is 6.62. The maximum Gasteiger partial charge on any atom is 0.277 e. The molecular formula is C15H11ClN3O5-. The minimum Gasteiger partial charge on any atom is -0.867 e. The number of rotatable bonds is 6. The first kappa shape index (κ1) is 17.2. The Morgan fingerprint density at radius 3 is 2.67 bits per heavy atom. The molecule has 0 radical (unpaired) electrons. The Kier molecular flexibility index (Phi) is 5.69. The van der Waals surface area contributed by atoms with Crippen molar-refractivity contribution in [3.63, 3.8) is 0 Å². The van der Waals surface area contributed by atoms with Crippen molar-refractivity contribution in [2.45, 2.75) is 0 Å². The van der Waals surface area contributed by atoms with Crippen LogP contribution in [0.15, 0.2) is 47.6 Å². The van der Waals surface area contributed by atoms with E-state index in [0.717, 1.165) is 12.3 Å². The number of carbonyl (C=O) groups excluding carboxylic acids is 1. The molecule has 2 aromatic carbocycles. The van der Waals surface area contributed by atoms with E-state index in [1.54, 1.807) is 24.3 Å². The predicted octanol–water partition coefficient (Wildman–Crippen LogP) is 1.85. The maximum absolute atomic E-state index is 11.7. The van der Waals surface area contributed by atoms with Crippen LogP contribution in [0.3, 0.4) is 0 Å². The molecule has 0 spiro atoms. The van der Waals surface area contributed by atoms with Gasteiger partial charge in [-0.2, -0.15) is 5.10 Å². The molecule has 2 aromatic rings. The average molecular weight is 349 g/mol. The van der Waals surface area contributed by atoms with Gasteiger partial charge in [-0.05, 0) is 35.6 Å². The number of ether oxygens (including phenoxy) is 1. The van der Waals surface area contributed by atoms with E-state index >= 15 is 0 Å². The lowest BCUT2D eigenvalue weighted by Crippen LogP contribution is -2.24. The van der Waals surface area contributed by atoms with Crippen LogP contribution in [0.1, 0.15) is 5.56 Å². The highest BCUT2D eigenvalue weighted by atomic mass is 35.5. The lowest BCUT2D eigenvalue weighted by molar-refractivity contribution is -0.398. The van der Waals surface area contributed by atoms with Gasteiger partial charge in [-0.15, -0.1) is 0 Å². The van der Waals surface area contributed by atoms with Gasteiger partial charge >= 0.3 is 0 Å². The van der Waals surface area contributed by atoms with Crippen LogP contribution in [0.4, 0.5) is 5.69 Å². The number of nitro benzene ring substituents is 1. The van der Waals surface area contributed by atoms with Crippen LogP contribution in [0.25, 0.3) is 0 Å². The Balaban J connectivity index is 1.89. The van der Waals surface area contributed by atoms with E-state index in [1.807, 2.05) is 0 Å². The molecule has 0 atom stereocenters. The van der Waals surface area contributed by atoms with Gasteiger partial charge in [0.05, 0.1) is 11.1 Å². The molecule has 0 aliphatic carbocycles. The molecule has 1 N–H and O–H groups in total. The van der Waals surface area contributed by atoms with Gasteiger partial charge in [-0.25, -0.2) is 5.43 Å². The van der Waals surface area contributed by atoms with Crippen molar-refractivity contribution in [2.75, 3.05) is 6.61 Å². The van der Waals surface area contributed by atoms with Gasteiger partial charge < -0.3 is 9.84 Å². The molecular weight excluding hydrogens is 338 g/mol. The lowest BCUT2D eigenvalue weighted by Gasteiger charge is -2.09. The molecule has 0 unspecified atom stereocenters. The molecule has 9 heteroatoms. The SMILES string of the molecule is O=C(COc1ccc(Cl)cc1)N/N=C\c1cccc([N+](=O)[O-])c1[O-]. The predicted molar refractivity (Wildman–Crippen MR) is 85.2 cm³/mol. The van der Waals surface area contributed by atoms with Crippen molar-refractivity contribution in [1.82, 2.24) is 5.43 Å². The molecule has 0 saturated heterocycles.